The first-order valence-corrected chi connectivity index (χ1v) is 11.2. The second-order valence-electron chi connectivity index (χ2n) is 8.73. The van der Waals surface area contributed by atoms with Crippen molar-refractivity contribution in [1.82, 2.24) is 10.3 Å². The van der Waals surface area contributed by atoms with Gasteiger partial charge in [0.2, 0.25) is 0 Å². The van der Waals surface area contributed by atoms with E-state index in [2.05, 4.69) is 15.3 Å². The second-order valence-corrected chi connectivity index (χ2v) is 9.51. The molecule has 1 amide bonds. The van der Waals surface area contributed by atoms with E-state index in [4.69, 9.17) is 37.7 Å². The van der Waals surface area contributed by atoms with Crippen molar-refractivity contribution in [1.29, 1.82) is 0 Å². The van der Waals surface area contributed by atoms with E-state index in [1.54, 1.807) is 12.3 Å². The molecule has 166 valence electrons. The molecule has 2 aliphatic rings. The van der Waals surface area contributed by atoms with E-state index >= 15 is 0 Å². The van der Waals surface area contributed by atoms with Crippen LogP contribution in [0.3, 0.4) is 0 Å². The number of aromatic nitrogens is 1. The maximum Gasteiger partial charge on any atom is 0.407 e. The zero-order valence-electron chi connectivity index (χ0n) is 17.8. The van der Waals surface area contributed by atoms with Crippen LogP contribution in [0.25, 0.3) is 10.9 Å². The fraction of sp³-hybridized carbons (Fsp3) is 0.500. The molecule has 31 heavy (non-hydrogen) atoms. The van der Waals surface area contributed by atoms with Gasteiger partial charge in [-0.25, -0.2) is 4.79 Å². The van der Waals surface area contributed by atoms with Crippen LogP contribution in [0.1, 0.15) is 51.3 Å². The van der Waals surface area contributed by atoms with E-state index in [1.165, 1.54) is 0 Å². The smallest absolute Gasteiger partial charge is 0.407 e. The highest BCUT2D eigenvalue weighted by Crippen LogP contribution is 2.35. The van der Waals surface area contributed by atoms with Gasteiger partial charge in [0.05, 0.1) is 40.1 Å². The van der Waals surface area contributed by atoms with Crippen LogP contribution in [0.15, 0.2) is 22.1 Å². The van der Waals surface area contributed by atoms with Crippen molar-refractivity contribution in [3.8, 4) is 0 Å². The molecule has 9 heteroatoms. The number of hydrogen-bond acceptors (Lipinski definition) is 5. The molecule has 0 bridgehead atoms. The van der Waals surface area contributed by atoms with Gasteiger partial charge in [-0.2, -0.15) is 0 Å². The maximum atomic E-state index is 12.2. The highest BCUT2D eigenvalue weighted by molar-refractivity contribution is 6.47. The number of nitrogens with one attached hydrogen (secondary N) is 2. The molecule has 0 radical (unpaired) electrons. The van der Waals surface area contributed by atoms with Crippen LogP contribution in [-0.4, -0.2) is 47.5 Å². The Morgan fingerprint density at radius 1 is 1.32 bits per heavy atom. The summed E-state index contributed by atoms with van der Waals surface area (Å²) in [7, 11) is 0. The molecule has 1 fully saturated rings. The summed E-state index contributed by atoms with van der Waals surface area (Å²) < 4.78 is 11.2. The number of alkyl carbamates (subject to hydrolysis) is 1. The first-order valence-electron chi connectivity index (χ1n) is 10.4. The van der Waals surface area contributed by atoms with Gasteiger partial charge in [-0.15, -0.1) is 0 Å². The zero-order chi connectivity index (χ0) is 22.2. The molecule has 4 rings (SSSR count). The summed E-state index contributed by atoms with van der Waals surface area (Å²) in [4.78, 5) is 24.9. The molecule has 3 heterocycles. The molecule has 2 atom stereocenters. The minimum atomic E-state index is -0.584. The number of H-pyrrole nitrogens is 1. The number of carbonyl (C=O) groups excluding carboxylic acids is 1. The minimum Gasteiger partial charge on any atom is -0.444 e. The molecule has 1 saturated heterocycles. The predicted octanol–water partition coefficient (Wildman–Crippen LogP) is 5.27. The number of aromatic amines is 1. The summed E-state index contributed by atoms with van der Waals surface area (Å²) >= 11 is 12.7. The molecule has 2 aliphatic heterocycles. The van der Waals surface area contributed by atoms with Crippen LogP contribution < -0.4 is 5.32 Å². The third-order valence-corrected chi connectivity index (χ3v) is 5.98. The van der Waals surface area contributed by atoms with E-state index in [1.807, 2.05) is 26.8 Å². The van der Waals surface area contributed by atoms with Gasteiger partial charge < -0.3 is 19.8 Å². The molecular weight excluding hydrogens is 439 g/mol. The monoisotopic (exact) mass is 464 g/mol. The molecule has 2 aromatic rings. The van der Waals surface area contributed by atoms with Gasteiger partial charge in [0.15, 0.2) is 6.17 Å². The normalized spacial score (nSPS) is 21.4. The molecule has 0 spiro atoms. The van der Waals surface area contributed by atoms with E-state index in [0.29, 0.717) is 15.6 Å². The van der Waals surface area contributed by atoms with E-state index < -0.39 is 11.7 Å². The Labute approximate surface area is 191 Å². The molecule has 1 aromatic heterocycles. The number of rotatable bonds is 4. The van der Waals surface area contributed by atoms with Gasteiger partial charge in [0.25, 0.3) is 0 Å². The van der Waals surface area contributed by atoms with Crippen molar-refractivity contribution >= 4 is 52.1 Å². The number of amides is 1. The number of hydrogen-bond donors (Lipinski definition) is 2. The average molecular weight is 465 g/mol. The van der Waals surface area contributed by atoms with Crippen molar-refractivity contribution < 1.29 is 14.3 Å². The highest BCUT2D eigenvalue weighted by Gasteiger charge is 2.29. The van der Waals surface area contributed by atoms with E-state index in [0.717, 1.165) is 48.2 Å². The van der Waals surface area contributed by atoms with Crippen LogP contribution in [0, 0.1) is 0 Å². The summed E-state index contributed by atoms with van der Waals surface area (Å²) in [5.41, 5.74) is 2.43. The van der Waals surface area contributed by atoms with Gasteiger partial charge in [0.1, 0.15) is 5.60 Å². The summed E-state index contributed by atoms with van der Waals surface area (Å²) in [6, 6.07) is 3.65. The SMILES string of the molecule is CC(C)(C)OC(=O)NCc1[nH]c2c(Cl)c(Cl)ccc2c1C1=NC(C2CCCCO2)N=C1. The molecule has 0 saturated carbocycles. The first kappa shape index (κ1) is 22.1. The van der Waals surface area contributed by atoms with Gasteiger partial charge in [-0.05, 0) is 46.1 Å². The number of nitrogens with zero attached hydrogens (tertiary/aromatic N) is 2. The lowest BCUT2D eigenvalue weighted by molar-refractivity contribution is 0.00340. The molecule has 2 unspecified atom stereocenters. The largest absolute Gasteiger partial charge is 0.444 e. The Kier molecular flexibility index (Phi) is 6.28. The van der Waals surface area contributed by atoms with Gasteiger partial charge in [0, 0.05) is 23.3 Å². The molecular formula is C22H26Cl2N4O3. The van der Waals surface area contributed by atoms with Crippen molar-refractivity contribution in [2.24, 2.45) is 9.98 Å². The topological polar surface area (TPSA) is 88.1 Å². The molecule has 1 aromatic carbocycles. The highest BCUT2D eigenvalue weighted by atomic mass is 35.5. The Hall–Kier alpha value is -2.09. The van der Waals surface area contributed by atoms with Crippen molar-refractivity contribution in [2.45, 2.75) is 64.4 Å². The number of halogens is 2. The summed E-state index contributed by atoms with van der Waals surface area (Å²) in [5, 5.41) is 4.53. The Bertz CT molecular complexity index is 1050. The van der Waals surface area contributed by atoms with Crippen LogP contribution >= 0.6 is 23.2 Å². The van der Waals surface area contributed by atoms with Crippen LogP contribution in [0.2, 0.25) is 10.0 Å². The third-order valence-electron chi connectivity index (χ3n) is 5.17. The van der Waals surface area contributed by atoms with E-state index in [9.17, 15) is 4.79 Å². The quantitative estimate of drug-likeness (QED) is 0.645. The van der Waals surface area contributed by atoms with Crippen molar-refractivity contribution in [2.75, 3.05) is 6.61 Å². The molecule has 7 nitrogen and oxygen atoms in total. The average Bonchev–Trinajstić information content (AvgIpc) is 3.33. The summed E-state index contributed by atoms with van der Waals surface area (Å²) in [6.07, 6.45) is 4.14. The van der Waals surface area contributed by atoms with Crippen molar-refractivity contribution in [3.05, 3.63) is 33.4 Å². The lowest BCUT2D eigenvalue weighted by Gasteiger charge is -2.24. The molecule has 0 aliphatic carbocycles. The second kappa shape index (κ2) is 8.81. The minimum absolute atomic E-state index is 0.00548. The van der Waals surface area contributed by atoms with Crippen LogP contribution in [-0.2, 0) is 16.0 Å². The fourth-order valence-corrected chi connectivity index (χ4v) is 4.19. The third kappa shape index (κ3) is 4.89. The summed E-state index contributed by atoms with van der Waals surface area (Å²) in [5.74, 6) is 0. The Morgan fingerprint density at radius 3 is 2.84 bits per heavy atom. The Balaban J connectivity index is 1.66. The standard InChI is InChI=1S/C22H26Cl2N4O3/c1-22(2,3)31-21(29)26-11-14-17(12-7-8-13(23)18(24)19(12)27-14)15-10-25-20(28-15)16-6-4-5-9-30-16/h7-8,10,16,20,27H,4-6,9,11H2,1-3H3,(H,26,29). The Morgan fingerprint density at radius 2 is 2.13 bits per heavy atom. The number of ether oxygens (including phenoxy) is 2. The number of benzene rings is 1. The predicted molar refractivity (Wildman–Crippen MR) is 124 cm³/mol. The van der Waals surface area contributed by atoms with E-state index in [-0.39, 0.29) is 18.8 Å². The molecule has 2 N–H and O–H groups in total. The maximum absolute atomic E-state index is 12.2. The lowest BCUT2D eigenvalue weighted by atomic mass is 10.1. The zero-order valence-corrected chi connectivity index (χ0v) is 19.3. The van der Waals surface area contributed by atoms with Crippen molar-refractivity contribution in [3.63, 3.8) is 0 Å². The van der Waals surface area contributed by atoms with Crippen LogP contribution in [0.4, 0.5) is 4.79 Å². The van der Waals surface area contributed by atoms with Gasteiger partial charge in [-0.3, -0.25) is 9.98 Å². The fourth-order valence-electron chi connectivity index (χ4n) is 3.82. The summed E-state index contributed by atoms with van der Waals surface area (Å²) in [6.45, 7) is 6.41. The van der Waals surface area contributed by atoms with Crippen LogP contribution in [0.5, 0.6) is 0 Å². The first-order chi connectivity index (χ1) is 14.7. The number of fused-ring (bicyclic) bond motifs is 1. The van der Waals surface area contributed by atoms with Gasteiger partial charge in [-0.1, -0.05) is 29.3 Å². The number of carbonyl (C=O) groups is 1. The number of aliphatic imine (C=N–C) groups is 2. The van der Waals surface area contributed by atoms with Gasteiger partial charge >= 0.3 is 6.09 Å². The lowest BCUT2D eigenvalue weighted by Crippen LogP contribution is -2.32.